The Morgan fingerprint density at radius 2 is 2.33 bits per heavy atom. The summed E-state index contributed by atoms with van der Waals surface area (Å²) in [6.07, 6.45) is 2.78. The molecule has 0 radical (unpaired) electrons. The van der Waals surface area contributed by atoms with Crippen molar-refractivity contribution in [1.82, 2.24) is 10.3 Å². The molecule has 0 saturated heterocycles. The molecule has 0 spiro atoms. The summed E-state index contributed by atoms with van der Waals surface area (Å²) in [5, 5.41) is 19.7. The van der Waals surface area contributed by atoms with E-state index in [0.29, 0.717) is 5.56 Å². The fourth-order valence-electron chi connectivity index (χ4n) is 1.21. The molecule has 6 heteroatoms. The van der Waals surface area contributed by atoms with Crippen LogP contribution in [0.15, 0.2) is 31.0 Å². The summed E-state index contributed by atoms with van der Waals surface area (Å²) in [6, 6.07) is 3.63. The van der Waals surface area contributed by atoms with E-state index in [1.165, 1.54) is 24.4 Å². The van der Waals surface area contributed by atoms with Gasteiger partial charge in [-0.2, -0.15) is 5.26 Å². The van der Waals surface area contributed by atoms with Crippen LogP contribution in [0.4, 0.5) is 0 Å². The van der Waals surface area contributed by atoms with Gasteiger partial charge in [0.15, 0.2) is 0 Å². The van der Waals surface area contributed by atoms with Crippen LogP contribution in [0.3, 0.4) is 0 Å². The lowest BCUT2D eigenvalue weighted by atomic mass is 10.2. The van der Waals surface area contributed by atoms with E-state index in [1.54, 1.807) is 0 Å². The second kappa shape index (κ2) is 6.15. The average Bonchev–Trinajstić information content (AvgIpc) is 2.38. The van der Waals surface area contributed by atoms with Gasteiger partial charge in [0.25, 0.3) is 5.91 Å². The van der Waals surface area contributed by atoms with Crippen molar-refractivity contribution in [3.63, 3.8) is 0 Å². The lowest BCUT2D eigenvalue weighted by molar-refractivity contribution is -0.139. The largest absolute Gasteiger partial charge is 0.480 e. The number of nitriles is 1. The maximum atomic E-state index is 11.7. The summed E-state index contributed by atoms with van der Waals surface area (Å²) in [5.74, 6) is -1.74. The van der Waals surface area contributed by atoms with Gasteiger partial charge >= 0.3 is 5.97 Å². The summed E-state index contributed by atoms with van der Waals surface area (Å²) in [6.45, 7) is 3.42. The molecular weight excluding hydrogens is 234 g/mol. The molecule has 18 heavy (non-hydrogen) atoms. The zero-order chi connectivity index (χ0) is 13.5. The third-order valence-electron chi connectivity index (χ3n) is 2.13. The lowest BCUT2D eigenvalue weighted by Gasteiger charge is -2.11. The zero-order valence-corrected chi connectivity index (χ0v) is 9.46. The van der Waals surface area contributed by atoms with Crippen LogP contribution in [0.25, 0.3) is 0 Å². The van der Waals surface area contributed by atoms with E-state index < -0.39 is 17.9 Å². The molecule has 0 saturated carbocycles. The Balaban J connectivity index is 2.77. The lowest BCUT2D eigenvalue weighted by Crippen LogP contribution is -2.40. The molecule has 92 valence electrons. The molecule has 0 bridgehead atoms. The molecule has 2 N–H and O–H groups in total. The van der Waals surface area contributed by atoms with Gasteiger partial charge in [0, 0.05) is 6.20 Å². The monoisotopic (exact) mass is 245 g/mol. The second-order valence-electron chi connectivity index (χ2n) is 3.43. The molecule has 1 atom stereocenters. The van der Waals surface area contributed by atoms with E-state index in [9.17, 15) is 9.59 Å². The molecule has 6 nitrogen and oxygen atoms in total. The van der Waals surface area contributed by atoms with Crippen molar-refractivity contribution in [2.24, 2.45) is 0 Å². The topological polar surface area (TPSA) is 103 Å². The second-order valence-corrected chi connectivity index (χ2v) is 3.43. The number of carboxylic acid groups (broad SMARTS) is 1. The first-order chi connectivity index (χ1) is 8.58. The smallest absolute Gasteiger partial charge is 0.326 e. The van der Waals surface area contributed by atoms with Crippen LogP contribution in [0, 0.1) is 11.3 Å². The van der Waals surface area contributed by atoms with Crippen LogP contribution in [-0.2, 0) is 4.79 Å². The maximum absolute atomic E-state index is 11.7. The van der Waals surface area contributed by atoms with Crippen LogP contribution < -0.4 is 5.32 Å². The van der Waals surface area contributed by atoms with Crippen molar-refractivity contribution >= 4 is 11.9 Å². The Kier molecular flexibility index (Phi) is 4.58. The van der Waals surface area contributed by atoms with Gasteiger partial charge in [0.05, 0.1) is 5.56 Å². The number of rotatable bonds is 5. The third-order valence-corrected chi connectivity index (χ3v) is 2.13. The minimum absolute atomic E-state index is 0.0595. The van der Waals surface area contributed by atoms with Gasteiger partial charge in [-0.25, -0.2) is 9.78 Å². The molecule has 1 aromatic rings. The van der Waals surface area contributed by atoms with Gasteiger partial charge in [-0.3, -0.25) is 4.79 Å². The van der Waals surface area contributed by atoms with Gasteiger partial charge in [-0.15, -0.1) is 6.58 Å². The van der Waals surface area contributed by atoms with Crippen LogP contribution >= 0.6 is 0 Å². The number of aliphatic carboxylic acids is 1. The molecule has 0 aliphatic rings. The normalized spacial score (nSPS) is 11.1. The first-order valence-electron chi connectivity index (χ1n) is 5.09. The first-order valence-corrected chi connectivity index (χ1v) is 5.09. The van der Waals surface area contributed by atoms with Crippen LogP contribution in [0.1, 0.15) is 22.5 Å². The Morgan fingerprint density at radius 1 is 1.61 bits per heavy atom. The van der Waals surface area contributed by atoms with E-state index in [-0.39, 0.29) is 12.1 Å². The molecule has 1 amide bonds. The molecule has 0 aliphatic heterocycles. The van der Waals surface area contributed by atoms with Gasteiger partial charge in [0.1, 0.15) is 17.8 Å². The molecule has 0 fully saturated rings. The summed E-state index contributed by atoms with van der Waals surface area (Å²) >= 11 is 0. The highest BCUT2D eigenvalue weighted by Crippen LogP contribution is 2.01. The quantitative estimate of drug-likeness (QED) is 0.743. The number of amides is 1. The number of hydrogen-bond donors (Lipinski definition) is 2. The molecule has 1 rings (SSSR count). The number of nitrogens with one attached hydrogen (secondary N) is 1. The Bertz CT molecular complexity index is 502. The van der Waals surface area contributed by atoms with Crippen molar-refractivity contribution in [1.29, 1.82) is 5.26 Å². The van der Waals surface area contributed by atoms with Crippen molar-refractivity contribution in [2.45, 2.75) is 12.5 Å². The Morgan fingerprint density at radius 3 is 2.78 bits per heavy atom. The SMILES string of the molecule is C=CCC(NC(=O)c1ccc(C#N)cn1)C(=O)O. The van der Waals surface area contributed by atoms with Gasteiger partial charge < -0.3 is 10.4 Å². The zero-order valence-electron chi connectivity index (χ0n) is 9.46. The van der Waals surface area contributed by atoms with Crippen molar-refractivity contribution in [2.75, 3.05) is 0 Å². The number of pyridine rings is 1. The molecule has 1 heterocycles. The van der Waals surface area contributed by atoms with Crippen LogP contribution in [0.2, 0.25) is 0 Å². The Hall–Kier alpha value is -2.68. The van der Waals surface area contributed by atoms with Gasteiger partial charge in [0.2, 0.25) is 0 Å². The number of carboxylic acids is 1. The van der Waals surface area contributed by atoms with E-state index in [0.717, 1.165) is 0 Å². The van der Waals surface area contributed by atoms with Crippen molar-refractivity contribution in [3.05, 3.63) is 42.2 Å². The molecule has 1 aromatic heterocycles. The highest BCUT2D eigenvalue weighted by Gasteiger charge is 2.19. The minimum Gasteiger partial charge on any atom is -0.480 e. The molecular formula is C12H11N3O3. The standard InChI is InChI=1S/C12H11N3O3/c1-2-3-10(12(17)18)15-11(16)9-5-4-8(6-13)7-14-9/h2,4-5,7,10H,1,3H2,(H,15,16)(H,17,18). The molecule has 0 aliphatic carbocycles. The van der Waals surface area contributed by atoms with E-state index in [2.05, 4.69) is 16.9 Å². The highest BCUT2D eigenvalue weighted by atomic mass is 16.4. The number of carbonyl (C=O) groups excluding carboxylic acids is 1. The molecule has 1 unspecified atom stereocenters. The average molecular weight is 245 g/mol. The van der Waals surface area contributed by atoms with E-state index in [4.69, 9.17) is 10.4 Å². The highest BCUT2D eigenvalue weighted by molar-refractivity contribution is 5.95. The fraction of sp³-hybridized carbons (Fsp3) is 0.167. The fourth-order valence-corrected chi connectivity index (χ4v) is 1.21. The number of nitrogens with zero attached hydrogens (tertiary/aromatic N) is 2. The minimum atomic E-state index is -1.14. The number of aromatic nitrogens is 1. The van der Waals surface area contributed by atoms with Crippen molar-refractivity contribution in [3.8, 4) is 6.07 Å². The van der Waals surface area contributed by atoms with E-state index in [1.807, 2.05) is 6.07 Å². The predicted molar refractivity (Wildman–Crippen MR) is 62.7 cm³/mol. The third kappa shape index (κ3) is 3.42. The van der Waals surface area contributed by atoms with E-state index >= 15 is 0 Å². The molecule has 0 aromatic carbocycles. The summed E-state index contributed by atoms with van der Waals surface area (Å²) in [4.78, 5) is 26.3. The van der Waals surface area contributed by atoms with Crippen molar-refractivity contribution < 1.29 is 14.7 Å². The first kappa shape index (κ1) is 13.4. The summed E-state index contributed by atoms with van der Waals surface area (Å²) < 4.78 is 0. The van der Waals surface area contributed by atoms with Gasteiger partial charge in [-0.1, -0.05) is 6.08 Å². The number of carbonyl (C=O) groups is 2. The van der Waals surface area contributed by atoms with Crippen LogP contribution in [0.5, 0.6) is 0 Å². The maximum Gasteiger partial charge on any atom is 0.326 e. The number of hydrogen-bond acceptors (Lipinski definition) is 4. The summed E-state index contributed by atoms with van der Waals surface area (Å²) in [5.41, 5.74) is 0.386. The van der Waals surface area contributed by atoms with Gasteiger partial charge in [-0.05, 0) is 18.6 Å². The summed E-state index contributed by atoms with van der Waals surface area (Å²) in [7, 11) is 0. The van der Waals surface area contributed by atoms with Crippen LogP contribution in [-0.4, -0.2) is 28.0 Å². The predicted octanol–water partition coefficient (Wildman–Crippen LogP) is 0.712. The Labute approximate surface area is 104 Å².